The second-order valence-corrected chi connectivity index (χ2v) is 11.6. The van der Waals surface area contributed by atoms with Gasteiger partial charge in [-0.05, 0) is 41.8 Å². The molecule has 0 aliphatic carbocycles. The summed E-state index contributed by atoms with van der Waals surface area (Å²) < 4.78 is 26.9. The Hall–Kier alpha value is -3.69. The normalized spacial score (nSPS) is 14.5. The van der Waals surface area contributed by atoms with Gasteiger partial charge in [0, 0.05) is 24.5 Å². The SMILES string of the molecule is CCCCNC(=O)[C@@H](Cc1ccccc1)N(Cc1ccc(Cl)cc1)C(=O)CN1C(=O)c2ccccc2S1(=O)=O. The van der Waals surface area contributed by atoms with E-state index in [0.29, 0.717) is 21.4 Å². The summed E-state index contributed by atoms with van der Waals surface area (Å²) in [5.41, 5.74) is 1.55. The Morgan fingerprint density at radius 3 is 2.28 bits per heavy atom. The first-order chi connectivity index (χ1) is 18.7. The fraction of sp³-hybridized carbons (Fsp3) is 0.276. The highest BCUT2D eigenvalue weighted by Crippen LogP contribution is 2.30. The fourth-order valence-corrected chi connectivity index (χ4v) is 6.09. The van der Waals surface area contributed by atoms with Crippen LogP contribution < -0.4 is 5.32 Å². The summed E-state index contributed by atoms with van der Waals surface area (Å²) in [5.74, 6) is -1.79. The molecule has 1 aliphatic rings. The molecule has 4 rings (SSSR count). The van der Waals surface area contributed by atoms with Gasteiger partial charge in [0.25, 0.3) is 15.9 Å². The van der Waals surface area contributed by atoms with E-state index in [1.54, 1.807) is 30.3 Å². The lowest BCUT2D eigenvalue weighted by Crippen LogP contribution is -2.53. The molecule has 0 radical (unpaired) electrons. The highest BCUT2D eigenvalue weighted by atomic mass is 35.5. The zero-order valence-corrected chi connectivity index (χ0v) is 23.1. The van der Waals surface area contributed by atoms with Gasteiger partial charge in [0.2, 0.25) is 11.8 Å². The molecule has 10 heteroatoms. The average molecular weight is 568 g/mol. The summed E-state index contributed by atoms with van der Waals surface area (Å²) in [6.45, 7) is 1.74. The number of hydrogen-bond acceptors (Lipinski definition) is 5. The predicted molar refractivity (Wildman–Crippen MR) is 149 cm³/mol. The van der Waals surface area contributed by atoms with Crippen molar-refractivity contribution in [2.75, 3.05) is 13.1 Å². The van der Waals surface area contributed by atoms with E-state index in [-0.39, 0.29) is 29.3 Å². The Bertz CT molecular complexity index is 1450. The van der Waals surface area contributed by atoms with Gasteiger partial charge in [0.05, 0.1) is 5.56 Å². The van der Waals surface area contributed by atoms with E-state index in [0.717, 1.165) is 18.4 Å². The maximum atomic E-state index is 13.9. The third kappa shape index (κ3) is 6.49. The molecule has 0 saturated carbocycles. The van der Waals surface area contributed by atoms with Crippen LogP contribution in [0.1, 0.15) is 41.3 Å². The molecule has 3 aromatic rings. The van der Waals surface area contributed by atoms with Crippen LogP contribution in [0.2, 0.25) is 5.02 Å². The van der Waals surface area contributed by atoms with Crippen molar-refractivity contribution in [1.29, 1.82) is 0 Å². The van der Waals surface area contributed by atoms with Crippen molar-refractivity contribution in [3.8, 4) is 0 Å². The van der Waals surface area contributed by atoms with Crippen molar-refractivity contribution in [1.82, 2.24) is 14.5 Å². The van der Waals surface area contributed by atoms with E-state index in [1.165, 1.54) is 23.1 Å². The highest BCUT2D eigenvalue weighted by molar-refractivity contribution is 7.90. The smallest absolute Gasteiger partial charge is 0.269 e. The molecular formula is C29H30ClN3O5S. The summed E-state index contributed by atoms with van der Waals surface area (Å²) in [6, 6.07) is 21.0. The number of unbranched alkanes of at least 4 members (excludes halogenated alkanes) is 1. The zero-order valence-electron chi connectivity index (χ0n) is 21.5. The molecule has 8 nitrogen and oxygen atoms in total. The molecule has 1 N–H and O–H groups in total. The number of nitrogens with one attached hydrogen (secondary N) is 1. The van der Waals surface area contributed by atoms with Crippen LogP contribution in [0.4, 0.5) is 0 Å². The van der Waals surface area contributed by atoms with Crippen LogP contribution >= 0.6 is 11.6 Å². The van der Waals surface area contributed by atoms with Gasteiger partial charge < -0.3 is 10.2 Å². The molecule has 0 aromatic heterocycles. The Kier molecular flexibility index (Phi) is 9.04. The van der Waals surface area contributed by atoms with Gasteiger partial charge in [-0.2, -0.15) is 0 Å². The van der Waals surface area contributed by atoms with Crippen LogP contribution in [0.3, 0.4) is 0 Å². The minimum absolute atomic E-state index is 0.0176. The molecule has 1 aliphatic heterocycles. The summed E-state index contributed by atoms with van der Waals surface area (Å²) in [6.07, 6.45) is 1.86. The van der Waals surface area contributed by atoms with Crippen LogP contribution in [0, 0.1) is 0 Å². The Morgan fingerprint density at radius 2 is 1.62 bits per heavy atom. The average Bonchev–Trinajstić information content (AvgIpc) is 3.13. The maximum absolute atomic E-state index is 13.9. The molecule has 0 bridgehead atoms. The Morgan fingerprint density at radius 1 is 0.949 bits per heavy atom. The van der Waals surface area contributed by atoms with E-state index in [1.807, 2.05) is 37.3 Å². The second kappa shape index (κ2) is 12.4. The van der Waals surface area contributed by atoms with Crippen molar-refractivity contribution in [2.24, 2.45) is 0 Å². The van der Waals surface area contributed by atoms with Gasteiger partial charge in [0.15, 0.2) is 0 Å². The lowest BCUT2D eigenvalue weighted by Gasteiger charge is -2.32. The second-order valence-electron chi connectivity index (χ2n) is 9.31. The van der Waals surface area contributed by atoms with Crippen molar-refractivity contribution in [3.05, 3.63) is 101 Å². The number of halogens is 1. The molecule has 3 aromatic carbocycles. The number of sulfonamides is 1. The predicted octanol–water partition coefficient (Wildman–Crippen LogP) is 4.04. The number of fused-ring (bicyclic) bond motifs is 1. The minimum Gasteiger partial charge on any atom is -0.354 e. The molecule has 3 amide bonds. The third-order valence-electron chi connectivity index (χ3n) is 6.56. The quantitative estimate of drug-likeness (QED) is 0.352. The topological polar surface area (TPSA) is 104 Å². The van der Waals surface area contributed by atoms with Crippen molar-refractivity contribution >= 4 is 39.3 Å². The van der Waals surface area contributed by atoms with Crippen LogP contribution in [0.15, 0.2) is 83.8 Å². The molecule has 1 heterocycles. The van der Waals surface area contributed by atoms with Gasteiger partial charge >= 0.3 is 0 Å². The van der Waals surface area contributed by atoms with Gasteiger partial charge in [-0.25, -0.2) is 12.7 Å². The molecule has 0 saturated heterocycles. The van der Waals surface area contributed by atoms with E-state index < -0.39 is 34.4 Å². The van der Waals surface area contributed by atoms with E-state index in [4.69, 9.17) is 11.6 Å². The largest absolute Gasteiger partial charge is 0.354 e. The number of hydrogen-bond donors (Lipinski definition) is 1. The minimum atomic E-state index is -4.21. The third-order valence-corrected chi connectivity index (χ3v) is 8.60. The Balaban J connectivity index is 1.69. The zero-order chi connectivity index (χ0) is 28.0. The molecule has 0 fully saturated rings. The van der Waals surface area contributed by atoms with Crippen molar-refractivity contribution in [3.63, 3.8) is 0 Å². The summed E-state index contributed by atoms with van der Waals surface area (Å²) >= 11 is 6.05. The monoisotopic (exact) mass is 567 g/mol. The fourth-order valence-electron chi connectivity index (χ4n) is 4.45. The van der Waals surface area contributed by atoms with Gasteiger partial charge in [0.1, 0.15) is 17.5 Å². The van der Waals surface area contributed by atoms with Crippen LogP contribution in [-0.4, -0.2) is 54.5 Å². The number of nitrogens with zero attached hydrogens (tertiary/aromatic N) is 2. The van der Waals surface area contributed by atoms with E-state index >= 15 is 0 Å². The number of carbonyl (C=O) groups excluding carboxylic acids is 3. The first kappa shape index (κ1) is 28.3. The lowest BCUT2D eigenvalue weighted by atomic mass is 10.0. The van der Waals surface area contributed by atoms with Crippen molar-refractivity contribution in [2.45, 2.75) is 43.7 Å². The number of carbonyl (C=O) groups is 3. The molecule has 1 atom stereocenters. The van der Waals surface area contributed by atoms with Gasteiger partial charge in [-0.15, -0.1) is 0 Å². The maximum Gasteiger partial charge on any atom is 0.269 e. The first-order valence-corrected chi connectivity index (χ1v) is 14.6. The summed E-state index contributed by atoms with van der Waals surface area (Å²) in [5, 5.41) is 3.43. The van der Waals surface area contributed by atoms with Gasteiger partial charge in [-0.1, -0.05) is 79.5 Å². The summed E-state index contributed by atoms with van der Waals surface area (Å²) in [7, 11) is -4.21. The number of amides is 3. The standard InChI is InChI=1S/C29H30ClN3O5S/c1-2-3-17-31-28(35)25(18-21-9-5-4-6-10-21)32(19-22-13-15-23(30)16-14-22)27(34)20-33-29(36)24-11-7-8-12-26(24)39(33,37)38/h4-16,25H,2-3,17-20H2,1H3,(H,31,35)/t25-/m1/s1. The molecule has 39 heavy (non-hydrogen) atoms. The summed E-state index contributed by atoms with van der Waals surface area (Å²) in [4.78, 5) is 41.6. The van der Waals surface area contributed by atoms with Gasteiger partial charge in [-0.3, -0.25) is 14.4 Å². The van der Waals surface area contributed by atoms with Crippen LogP contribution in [-0.2, 0) is 32.6 Å². The molecule has 0 spiro atoms. The molecule has 204 valence electrons. The van der Waals surface area contributed by atoms with E-state index in [9.17, 15) is 22.8 Å². The Labute approximate surface area is 233 Å². The highest BCUT2D eigenvalue weighted by Gasteiger charge is 2.43. The van der Waals surface area contributed by atoms with E-state index in [2.05, 4.69) is 5.32 Å². The number of rotatable bonds is 11. The van der Waals surface area contributed by atoms with Crippen LogP contribution in [0.25, 0.3) is 0 Å². The lowest BCUT2D eigenvalue weighted by molar-refractivity contribution is -0.141. The molecular weight excluding hydrogens is 538 g/mol. The molecule has 0 unspecified atom stereocenters. The first-order valence-electron chi connectivity index (χ1n) is 12.7. The number of benzene rings is 3. The van der Waals surface area contributed by atoms with Crippen LogP contribution in [0.5, 0.6) is 0 Å². The van der Waals surface area contributed by atoms with Crippen molar-refractivity contribution < 1.29 is 22.8 Å².